The second-order valence-corrected chi connectivity index (χ2v) is 9.17. The lowest BCUT2D eigenvalue weighted by Gasteiger charge is -2.26. The van der Waals surface area contributed by atoms with Crippen molar-refractivity contribution in [3.05, 3.63) is 40.2 Å². The van der Waals surface area contributed by atoms with Gasteiger partial charge in [-0.2, -0.15) is 4.31 Å². The average molecular weight is 406 g/mol. The van der Waals surface area contributed by atoms with Crippen LogP contribution in [0.2, 0.25) is 0 Å². The van der Waals surface area contributed by atoms with Crippen molar-refractivity contribution in [2.24, 2.45) is 7.05 Å². The molecule has 1 aliphatic heterocycles. The number of pyridine rings is 1. The molecule has 1 N–H and O–H groups in total. The Morgan fingerprint density at radius 2 is 1.89 bits per heavy atom. The summed E-state index contributed by atoms with van der Waals surface area (Å²) < 4.78 is 29.1. The molecule has 0 radical (unpaired) electrons. The third-order valence-corrected chi connectivity index (χ3v) is 7.07. The Hall–Kier alpha value is -2.19. The van der Waals surface area contributed by atoms with E-state index in [4.69, 9.17) is 0 Å². The van der Waals surface area contributed by atoms with Crippen LogP contribution in [0.15, 0.2) is 34.1 Å². The Kier molecular flexibility index (Phi) is 6.20. The summed E-state index contributed by atoms with van der Waals surface area (Å²) in [5, 5.41) is 2.99. The molecule has 0 spiro atoms. The number of nitrogens with zero attached hydrogens (tertiary/aromatic N) is 2. The maximum absolute atomic E-state index is 13.0. The Bertz CT molecular complexity index is 1040. The summed E-state index contributed by atoms with van der Waals surface area (Å²) in [4.78, 5) is 25.4. The molecule has 28 heavy (non-hydrogen) atoms. The van der Waals surface area contributed by atoms with E-state index in [1.54, 1.807) is 17.7 Å². The number of amides is 1. The summed E-state index contributed by atoms with van der Waals surface area (Å²) in [6.07, 6.45) is 5.99. The van der Waals surface area contributed by atoms with Crippen LogP contribution < -0.4 is 10.7 Å². The fourth-order valence-corrected chi connectivity index (χ4v) is 5.07. The van der Waals surface area contributed by atoms with Gasteiger partial charge in [0.25, 0.3) is 5.91 Å². The quantitative estimate of drug-likeness (QED) is 0.747. The molecule has 1 aliphatic rings. The molecule has 1 fully saturated rings. The molecular formula is C20H27N3O4S. The van der Waals surface area contributed by atoms with E-state index in [9.17, 15) is 18.0 Å². The standard InChI is InChI=1S/C20H27N3O4S/c1-3-4-10-21-20(25)17-14-22(2)18-9-8-15(13-16(18)19(17)24)28(26,27)23-11-6-5-7-12-23/h8-9,13-14H,3-7,10-12H2,1-2H3,(H,21,25). The van der Waals surface area contributed by atoms with Crippen molar-refractivity contribution in [1.82, 2.24) is 14.2 Å². The number of unbranched alkanes of at least 4 members (excludes halogenated alkanes) is 1. The van der Waals surface area contributed by atoms with Crippen molar-refractivity contribution in [3.8, 4) is 0 Å². The van der Waals surface area contributed by atoms with Crippen molar-refractivity contribution >= 4 is 26.8 Å². The van der Waals surface area contributed by atoms with Gasteiger partial charge >= 0.3 is 0 Å². The van der Waals surface area contributed by atoms with Gasteiger partial charge in [0.15, 0.2) is 0 Å². The second-order valence-electron chi connectivity index (χ2n) is 7.24. The lowest BCUT2D eigenvalue weighted by molar-refractivity contribution is 0.0951. The number of hydrogen-bond donors (Lipinski definition) is 1. The smallest absolute Gasteiger partial charge is 0.256 e. The van der Waals surface area contributed by atoms with Crippen LogP contribution in [-0.4, -0.2) is 42.8 Å². The van der Waals surface area contributed by atoms with Gasteiger partial charge in [0.2, 0.25) is 15.5 Å². The summed E-state index contributed by atoms with van der Waals surface area (Å²) in [6.45, 7) is 3.52. The monoisotopic (exact) mass is 405 g/mol. The lowest BCUT2D eigenvalue weighted by Crippen LogP contribution is -2.35. The number of carbonyl (C=O) groups is 1. The molecule has 1 aromatic heterocycles. The second kappa shape index (κ2) is 8.45. The molecule has 0 aliphatic carbocycles. The summed E-state index contributed by atoms with van der Waals surface area (Å²) in [6, 6.07) is 4.57. The first-order valence-corrected chi connectivity index (χ1v) is 11.2. The molecule has 7 nitrogen and oxygen atoms in total. The van der Waals surface area contributed by atoms with E-state index in [-0.39, 0.29) is 15.8 Å². The summed E-state index contributed by atoms with van der Waals surface area (Å²) >= 11 is 0. The van der Waals surface area contributed by atoms with Gasteiger partial charge in [0, 0.05) is 38.3 Å². The zero-order valence-electron chi connectivity index (χ0n) is 16.4. The van der Waals surface area contributed by atoms with Gasteiger partial charge in [-0.05, 0) is 37.5 Å². The first-order valence-electron chi connectivity index (χ1n) is 9.78. The summed E-state index contributed by atoms with van der Waals surface area (Å²) in [5.74, 6) is -0.430. The maximum Gasteiger partial charge on any atom is 0.256 e. The van der Waals surface area contributed by atoms with Gasteiger partial charge in [-0.25, -0.2) is 8.42 Å². The van der Waals surface area contributed by atoms with Crippen LogP contribution in [-0.2, 0) is 17.1 Å². The number of carbonyl (C=O) groups excluding carboxylic acids is 1. The van der Waals surface area contributed by atoms with E-state index in [1.165, 1.54) is 22.6 Å². The summed E-state index contributed by atoms with van der Waals surface area (Å²) in [5.41, 5.74) is 0.170. The van der Waals surface area contributed by atoms with E-state index < -0.39 is 21.4 Å². The Balaban J connectivity index is 2.04. The van der Waals surface area contributed by atoms with Crippen molar-refractivity contribution in [3.63, 3.8) is 0 Å². The molecule has 152 valence electrons. The highest BCUT2D eigenvalue weighted by molar-refractivity contribution is 7.89. The first kappa shape index (κ1) is 20.5. The number of aryl methyl sites for hydroxylation is 1. The van der Waals surface area contributed by atoms with Crippen LogP contribution in [0.5, 0.6) is 0 Å². The van der Waals surface area contributed by atoms with Gasteiger partial charge in [-0.3, -0.25) is 9.59 Å². The van der Waals surface area contributed by atoms with Crippen LogP contribution in [0.1, 0.15) is 49.4 Å². The van der Waals surface area contributed by atoms with Crippen LogP contribution in [0.25, 0.3) is 10.9 Å². The minimum Gasteiger partial charge on any atom is -0.352 e. The third kappa shape index (κ3) is 3.98. The van der Waals surface area contributed by atoms with Crippen molar-refractivity contribution < 1.29 is 13.2 Å². The van der Waals surface area contributed by atoms with Crippen molar-refractivity contribution in [1.29, 1.82) is 0 Å². The van der Waals surface area contributed by atoms with Gasteiger partial charge in [0.1, 0.15) is 5.56 Å². The Labute approximate surface area is 165 Å². The molecule has 1 aromatic carbocycles. The van der Waals surface area contributed by atoms with E-state index in [1.807, 2.05) is 6.92 Å². The average Bonchev–Trinajstić information content (AvgIpc) is 2.71. The highest BCUT2D eigenvalue weighted by Crippen LogP contribution is 2.23. The van der Waals surface area contributed by atoms with Gasteiger partial charge in [-0.15, -0.1) is 0 Å². The molecular weight excluding hydrogens is 378 g/mol. The molecule has 3 rings (SSSR count). The first-order chi connectivity index (χ1) is 13.4. The van der Waals surface area contributed by atoms with Crippen molar-refractivity contribution in [2.75, 3.05) is 19.6 Å². The summed E-state index contributed by atoms with van der Waals surface area (Å²) in [7, 11) is -1.91. The minimum absolute atomic E-state index is 0.0265. The topological polar surface area (TPSA) is 88.5 Å². The van der Waals surface area contributed by atoms with Gasteiger partial charge in [0.05, 0.1) is 10.4 Å². The largest absolute Gasteiger partial charge is 0.352 e. The zero-order chi connectivity index (χ0) is 20.3. The normalized spacial score (nSPS) is 15.6. The number of hydrogen-bond acceptors (Lipinski definition) is 4. The predicted octanol–water partition coefficient (Wildman–Crippen LogP) is 2.24. The molecule has 2 aromatic rings. The Morgan fingerprint density at radius 3 is 2.57 bits per heavy atom. The van der Waals surface area contributed by atoms with Crippen LogP contribution in [0, 0.1) is 0 Å². The third-order valence-electron chi connectivity index (χ3n) is 5.17. The molecule has 0 bridgehead atoms. The van der Waals surface area contributed by atoms with Gasteiger partial charge < -0.3 is 9.88 Å². The van der Waals surface area contributed by atoms with E-state index in [0.717, 1.165) is 32.1 Å². The molecule has 0 atom stereocenters. The minimum atomic E-state index is -3.65. The van der Waals surface area contributed by atoms with Crippen LogP contribution >= 0.6 is 0 Å². The molecule has 0 saturated carbocycles. The number of rotatable bonds is 6. The lowest BCUT2D eigenvalue weighted by atomic mass is 10.1. The maximum atomic E-state index is 13.0. The van der Waals surface area contributed by atoms with Crippen molar-refractivity contribution in [2.45, 2.75) is 43.9 Å². The Morgan fingerprint density at radius 1 is 1.18 bits per heavy atom. The molecule has 1 saturated heterocycles. The highest BCUT2D eigenvalue weighted by atomic mass is 32.2. The molecule has 2 heterocycles. The molecule has 8 heteroatoms. The van der Waals surface area contributed by atoms with Crippen LogP contribution in [0.4, 0.5) is 0 Å². The number of fused-ring (bicyclic) bond motifs is 1. The van der Waals surface area contributed by atoms with E-state index >= 15 is 0 Å². The fourth-order valence-electron chi connectivity index (χ4n) is 3.52. The number of aromatic nitrogens is 1. The number of sulfonamides is 1. The molecule has 0 unspecified atom stereocenters. The van der Waals surface area contributed by atoms with Gasteiger partial charge in [-0.1, -0.05) is 19.8 Å². The van der Waals surface area contributed by atoms with E-state index in [2.05, 4.69) is 5.32 Å². The van der Waals surface area contributed by atoms with Crippen LogP contribution in [0.3, 0.4) is 0 Å². The molecule has 1 amide bonds. The van der Waals surface area contributed by atoms with E-state index in [0.29, 0.717) is 25.2 Å². The SMILES string of the molecule is CCCCNC(=O)c1cn(C)c2ccc(S(=O)(=O)N3CCCCC3)cc2c1=O. The number of piperidine rings is 1. The number of nitrogens with one attached hydrogen (secondary N) is 1. The predicted molar refractivity (Wildman–Crippen MR) is 109 cm³/mol. The fraction of sp³-hybridized carbons (Fsp3) is 0.500. The highest BCUT2D eigenvalue weighted by Gasteiger charge is 2.26. The zero-order valence-corrected chi connectivity index (χ0v) is 17.2. The number of benzene rings is 1.